The van der Waals surface area contributed by atoms with Gasteiger partial charge in [-0.15, -0.1) is 0 Å². The summed E-state index contributed by atoms with van der Waals surface area (Å²) in [4.78, 5) is 29.3. The van der Waals surface area contributed by atoms with Crippen LogP contribution in [-0.2, 0) is 12.7 Å². The van der Waals surface area contributed by atoms with Crippen molar-refractivity contribution in [3.8, 4) is 11.3 Å². The van der Waals surface area contributed by atoms with Crippen molar-refractivity contribution in [1.82, 2.24) is 19.9 Å². The highest BCUT2D eigenvalue weighted by molar-refractivity contribution is 5.99. The fourth-order valence-electron chi connectivity index (χ4n) is 3.00. The van der Waals surface area contributed by atoms with Crippen molar-refractivity contribution in [2.75, 3.05) is 0 Å². The molecule has 0 fully saturated rings. The fraction of sp³-hybridized carbons (Fsp3) is 0.0952. The van der Waals surface area contributed by atoms with Crippen molar-refractivity contribution < 1.29 is 18.0 Å². The quantitative estimate of drug-likeness (QED) is 0.537. The largest absolute Gasteiger partial charge is 0.416 e. The summed E-state index contributed by atoms with van der Waals surface area (Å²) in [5.41, 5.74) is 0.356. The Morgan fingerprint density at radius 1 is 1.07 bits per heavy atom. The molecule has 1 amide bonds. The van der Waals surface area contributed by atoms with Gasteiger partial charge >= 0.3 is 6.18 Å². The van der Waals surface area contributed by atoms with E-state index < -0.39 is 23.2 Å². The second-order valence-electron chi connectivity index (χ2n) is 6.57. The summed E-state index contributed by atoms with van der Waals surface area (Å²) < 4.78 is 39.4. The summed E-state index contributed by atoms with van der Waals surface area (Å²) in [6.07, 6.45) is -3.10. The lowest BCUT2D eigenvalue weighted by Crippen LogP contribution is -2.23. The van der Waals surface area contributed by atoms with Gasteiger partial charge in [0.1, 0.15) is 5.56 Å². The number of H-pyrrole nitrogens is 1. The van der Waals surface area contributed by atoms with Gasteiger partial charge in [0.05, 0.1) is 11.3 Å². The SMILES string of the molecule is O=C(NCc1ccccc1)c1c[nH]n2c(=O)cc(-c3ccc(C(F)(F)F)cc3)nc12. The average Bonchev–Trinajstić information content (AvgIpc) is 3.17. The highest BCUT2D eigenvalue weighted by Crippen LogP contribution is 2.30. The second-order valence-corrected chi connectivity index (χ2v) is 6.57. The maximum absolute atomic E-state index is 12.8. The Hall–Kier alpha value is -3.88. The van der Waals surface area contributed by atoms with Crippen molar-refractivity contribution in [2.45, 2.75) is 12.7 Å². The standard InChI is InChI=1S/C21H15F3N4O2/c22-21(23,24)15-8-6-14(7-9-15)17-10-18(29)28-19(27-17)16(12-26-28)20(30)25-11-13-4-2-1-3-5-13/h1-10,12,26H,11H2,(H,25,30). The van der Waals surface area contributed by atoms with Gasteiger partial charge in [0.15, 0.2) is 5.65 Å². The van der Waals surface area contributed by atoms with E-state index in [9.17, 15) is 22.8 Å². The van der Waals surface area contributed by atoms with Gasteiger partial charge in [-0.3, -0.25) is 14.7 Å². The summed E-state index contributed by atoms with van der Waals surface area (Å²) in [6.45, 7) is 0.292. The monoisotopic (exact) mass is 412 g/mol. The number of hydrogen-bond donors (Lipinski definition) is 2. The van der Waals surface area contributed by atoms with E-state index in [1.807, 2.05) is 30.3 Å². The number of carbonyl (C=O) groups is 1. The van der Waals surface area contributed by atoms with Crippen LogP contribution in [0.5, 0.6) is 0 Å². The van der Waals surface area contributed by atoms with Crippen LogP contribution in [0.3, 0.4) is 0 Å². The lowest BCUT2D eigenvalue weighted by Gasteiger charge is -2.08. The topological polar surface area (TPSA) is 79.3 Å². The van der Waals surface area contributed by atoms with Crippen LogP contribution in [-0.4, -0.2) is 20.5 Å². The smallest absolute Gasteiger partial charge is 0.348 e. The molecule has 0 spiro atoms. The third-order valence-corrected chi connectivity index (χ3v) is 4.55. The van der Waals surface area contributed by atoms with Crippen LogP contribution >= 0.6 is 0 Å². The molecule has 152 valence electrons. The van der Waals surface area contributed by atoms with Crippen LogP contribution in [0.1, 0.15) is 21.5 Å². The van der Waals surface area contributed by atoms with E-state index in [-0.39, 0.29) is 16.9 Å². The molecule has 0 atom stereocenters. The van der Waals surface area contributed by atoms with Gasteiger partial charge in [0, 0.05) is 24.4 Å². The molecule has 0 aliphatic heterocycles. The minimum Gasteiger partial charge on any atom is -0.348 e. The van der Waals surface area contributed by atoms with Crippen LogP contribution in [0.15, 0.2) is 71.7 Å². The summed E-state index contributed by atoms with van der Waals surface area (Å²) in [6, 6.07) is 14.8. The van der Waals surface area contributed by atoms with Crippen molar-refractivity contribution >= 4 is 11.6 Å². The lowest BCUT2D eigenvalue weighted by atomic mass is 10.1. The summed E-state index contributed by atoms with van der Waals surface area (Å²) >= 11 is 0. The average molecular weight is 412 g/mol. The van der Waals surface area contributed by atoms with Crippen LogP contribution in [0.25, 0.3) is 16.9 Å². The first-order chi connectivity index (χ1) is 14.3. The van der Waals surface area contributed by atoms with Crippen LogP contribution in [0.2, 0.25) is 0 Å². The molecule has 0 aliphatic carbocycles. The summed E-state index contributed by atoms with van der Waals surface area (Å²) in [5.74, 6) is -0.436. The van der Waals surface area contributed by atoms with Gasteiger partial charge in [-0.2, -0.15) is 13.2 Å². The number of amides is 1. The van der Waals surface area contributed by atoms with Crippen molar-refractivity contribution in [1.29, 1.82) is 0 Å². The predicted octanol–water partition coefficient (Wildman–Crippen LogP) is 3.64. The van der Waals surface area contributed by atoms with E-state index in [1.54, 1.807) is 0 Å². The van der Waals surface area contributed by atoms with Crippen LogP contribution in [0, 0.1) is 0 Å². The molecule has 6 nitrogen and oxygen atoms in total. The normalized spacial score (nSPS) is 11.6. The molecule has 0 bridgehead atoms. The van der Waals surface area contributed by atoms with E-state index in [0.717, 1.165) is 22.2 Å². The van der Waals surface area contributed by atoms with Crippen molar-refractivity contribution in [3.63, 3.8) is 0 Å². The minimum absolute atomic E-state index is 0.0861. The zero-order valence-electron chi connectivity index (χ0n) is 15.4. The van der Waals surface area contributed by atoms with Crippen LogP contribution in [0.4, 0.5) is 13.2 Å². The molecule has 0 unspecified atom stereocenters. The molecular weight excluding hydrogens is 397 g/mol. The van der Waals surface area contributed by atoms with E-state index in [0.29, 0.717) is 12.1 Å². The number of hydrogen-bond acceptors (Lipinski definition) is 3. The number of fused-ring (bicyclic) bond motifs is 1. The number of aromatic amines is 1. The van der Waals surface area contributed by atoms with E-state index in [1.165, 1.54) is 24.4 Å². The molecule has 4 aromatic rings. The van der Waals surface area contributed by atoms with Gasteiger partial charge < -0.3 is 5.32 Å². The number of nitrogens with zero attached hydrogens (tertiary/aromatic N) is 2. The number of nitrogens with one attached hydrogen (secondary N) is 2. The number of halogens is 3. The second kappa shape index (κ2) is 7.51. The number of aromatic nitrogens is 3. The molecule has 0 aliphatic rings. The highest BCUT2D eigenvalue weighted by atomic mass is 19.4. The van der Waals surface area contributed by atoms with Gasteiger partial charge in [-0.25, -0.2) is 9.50 Å². The first-order valence-electron chi connectivity index (χ1n) is 8.94. The van der Waals surface area contributed by atoms with E-state index in [2.05, 4.69) is 15.4 Å². The Balaban J connectivity index is 1.66. The Labute approximate surface area is 168 Å². The fourth-order valence-corrected chi connectivity index (χ4v) is 3.00. The Morgan fingerprint density at radius 3 is 2.43 bits per heavy atom. The molecular formula is C21H15F3N4O2. The molecule has 0 saturated heterocycles. The Morgan fingerprint density at radius 2 is 1.77 bits per heavy atom. The lowest BCUT2D eigenvalue weighted by molar-refractivity contribution is -0.137. The van der Waals surface area contributed by atoms with E-state index >= 15 is 0 Å². The number of carbonyl (C=O) groups excluding carboxylic acids is 1. The Kier molecular flexibility index (Phi) is 4.86. The summed E-state index contributed by atoms with van der Waals surface area (Å²) in [5, 5.41) is 5.43. The number of benzene rings is 2. The summed E-state index contributed by atoms with van der Waals surface area (Å²) in [7, 11) is 0. The third kappa shape index (κ3) is 3.82. The zero-order valence-corrected chi connectivity index (χ0v) is 15.4. The molecule has 0 saturated carbocycles. The molecule has 2 N–H and O–H groups in total. The van der Waals surface area contributed by atoms with Gasteiger partial charge in [0.2, 0.25) is 0 Å². The number of rotatable bonds is 4. The molecule has 0 radical (unpaired) electrons. The molecule has 30 heavy (non-hydrogen) atoms. The molecule has 4 rings (SSSR count). The first-order valence-corrected chi connectivity index (χ1v) is 8.94. The minimum atomic E-state index is -4.46. The number of alkyl halides is 3. The molecule has 2 aromatic carbocycles. The molecule has 2 aromatic heterocycles. The molecule has 9 heteroatoms. The first kappa shape index (κ1) is 19.4. The predicted molar refractivity (Wildman–Crippen MR) is 104 cm³/mol. The maximum atomic E-state index is 12.8. The van der Waals surface area contributed by atoms with Crippen LogP contribution < -0.4 is 10.9 Å². The van der Waals surface area contributed by atoms with Gasteiger partial charge in [-0.05, 0) is 17.7 Å². The van der Waals surface area contributed by atoms with Crippen molar-refractivity contribution in [3.05, 3.63) is 93.9 Å². The van der Waals surface area contributed by atoms with Gasteiger partial charge in [0.25, 0.3) is 11.5 Å². The van der Waals surface area contributed by atoms with Gasteiger partial charge in [-0.1, -0.05) is 42.5 Å². The third-order valence-electron chi connectivity index (χ3n) is 4.55. The maximum Gasteiger partial charge on any atom is 0.416 e. The van der Waals surface area contributed by atoms with E-state index in [4.69, 9.17) is 0 Å². The Bertz CT molecular complexity index is 1260. The van der Waals surface area contributed by atoms with Crippen molar-refractivity contribution in [2.24, 2.45) is 0 Å². The highest BCUT2D eigenvalue weighted by Gasteiger charge is 2.30. The zero-order chi connectivity index (χ0) is 21.3. The molecule has 2 heterocycles.